The molecule has 26 heteroatoms. The number of amides is 1. The molecule has 3 aliphatic heterocycles. The molecule has 25 nitrogen and oxygen atoms in total. The normalized spacial score (nSPS) is 23.3. The van der Waals surface area contributed by atoms with Gasteiger partial charge >= 0.3 is 5.97 Å². The molecule has 0 radical (unpaired) electrons. The number of carbonyl (C=O) groups is 4. The highest BCUT2D eigenvalue weighted by Crippen LogP contribution is 2.39. The Hall–Kier alpha value is -12.6. The van der Waals surface area contributed by atoms with E-state index in [4.69, 9.17) is 40.6 Å². The second-order valence-electron chi connectivity index (χ2n) is 22.7. The lowest BCUT2D eigenvalue weighted by atomic mass is 9.82. The van der Waals surface area contributed by atoms with E-state index < -0.39 is 84.1 Å². The summed E-state index contributed by atoms with van der Waals surface area (Å²) in [6.45, 7) is 12.6. The van der Waals surface area contributed by atoms with E-state index >= 15 is 0 Å². The molecule has 2 saturated heterocycles. The smallest absolute Gasteiger partial charge is 0.329 e. The van der Waals surface area contributed by atoms with Crippen molar-refractivity contribution >= 4 is 23.4 Å². The maximum Gasteiger partial charge on any atom is 0.329 e. The lowest BCUT2D eigenvalue weighted by Gasteiger charge is -2.47. The van der Waals surface area contributed by atoms with Gasteiger partial charge in [-0.2, -0.15) is 0 Å². The van der Waals surface area contributed by atoms with Crippen molar-refractivity contribution < 1.29 is 162 Å². The number of fused-ring (bicyclic) bond motifs is 3. The third-order valence-electron chi connectivity index (χ3n) is 15.4. The van der Waals surface area contributed by atoms with E-state index in [1.54, 1.807) is 27.7 Å². The van der Waals surface area contributed by atoms with Crippen molar-refractivity contribution in [3.05, 3.63) is 34.9 Å². The van der Waals surface area contributed by atoms with Gasteiger partial charge in [0.1, 0.15) is 24.4 Å². The van der Waals surface area contributed by atoms with Gasteiger partial charge in [0.05, 0.1) is 24.4 Å². The topological polar surface area (TPSA) is 303 Å². The molecule has 0 aromatic heterocycles. The van der Waals surface area contributed by atoms with Gasteiger partial charge in [0.25, 0.3) is 11.7 Å². The minimum Gasteiger partial charge on any atom is -0.456 e. The molecule has 1 aliphatic carbocycles. The van der Waals surface area contributed by atoms with Crippen molar-refractivity contribution in [1.82, 2.24) is 10.5 Å². The molecule has 0 aromatic rings. The SMILES string of the molecule is C#CC#CC#CC#CC#CC#CC#CC#CC#CC#CC#CC#CC#CC#CC#CC#CC#CC#CC#CC#CC#CC.CC/C1=C\C(C)=C/[C@H](C)C[C@H](OC)[C@H]2O[C@@](O)(C(=O)C(=O)N3CCCC[C@H]3C(=O)O[C@H](/C(C)=C/[C@@H]3CC[C@@H](F)[C@H](OC)C3)[C@H](C)[C@@H](O)CC1=O)[C@H](C)C[C@@H]2OC.OOOOOONOOOOOO.[HH].[HH].[HH].[HH].[HH].[HH].[HH].[HH].[HH].[HH].[HH].[HH].[HH].[HH].[HH].[HH].[HH].[HH].[HH].[HH].[HH].[HH].[HH].[HH].[HH].[HH].[HH].[HH].[HH].[HH].[HH]. The number of aliphatic hydroxyl groups is 2. The molecule has 5 N–H and O–H groups in total. The summed E-state index contributed by atoms with van der Waals surface area (Å²) in [5, 5.41) is 64.4. The Morgan fingerprint density at radius 1 is 0.616 bits per heavy atom. The number of ether oxygens (including phenoxy) is 5. The number of terminal acetylenes is 1. The number of nitrogens with one attached hydrogen (secondary N) is 1. The molecule has 13 atom stereocenters. The van der Waals surface area contributed by atoms with Crippen molar-refractivity contribution in [3.8, 4) is 249 Å². The number of cyclic esters (lactones) is 1. The largest absolute Gasteiger partial charge is 0.456 e. The number of nitrogens with zero attached hydrogens (tertiary/aromatic N) is 1. The highest BCUT2D eigenvalue weighted by molar-refractivity contribution is 6.39. The van der Waals surface area contributed by atoms with Crippen molar-refractivity contribution in [2.45, 2.75) is 167 Å². The number of Topliss-reactive ketones (excluding diaryl/α,β-unsaturated/α-hetero) is 2. The first-order valence-electron chi connectivity index (χ1n) is 33.4. The first kappa shape index (κ1) is 95.5. The standard InChI is InChI=1S/C43H66FNO11.C43H4.H3NO12.31H2/c1-10-30-18-24(2)17-25(3)19-36(53-8)39-37(54-9)21-27(5)43(51,56-39)40(48)41(49)45-16-12-11-13-32(45)42(50)55-38(28(6)33(46)23-34(30)47)26(4)20-29-14-15-31(44)35(22-29)52-7;1-3-5-7-9-11-13-15-17-19-21-23-25-27-29-31-33-35-37-39-41-43-42-40-38-36-34-32-30-28-26-24-22-20-18-16-14-12-10-8-6-4-2;2-6-10-12-8-4-1-5-9-13-11-7-3;;;;;;;;;;;;;;;;;;;;;;;;;;;;;;;/h17-18,20,25,27-29,31-33,35-39,46,51H,10-16,19,21-23H2,1-9H3;1H,2H3;1-3H;31*1H/b24-17-,26-20+,30-18+;;;;;;;;;;;;;;;;;;;;;;;;;;;;;;;;;/t25-,27+,28+,29-,31+,32-,33-,35+,36-,37-,38+,39+,43+;;;;;;;;;;;;;;;;;;;;;;;;;;;;;;;;;/m0................................./s1. The summed E-state index contributed by atoms with van der Waals surface area (Å²) in [4.78, 5) is 64.8. The number of hydrogen-bond acceptors (Lipinski definition) is 24. The fourth-order valence-corrected chi connectivity index (χ4v) is 10.4. The average molecular weight is 1580 g/mol. The van der Waals surface area contributed by atoms with E-state index in [1.165, 1.54) is 27.0 Å². The number of alkyl halides is 1. The molecule has 634 valence electrons. The predicted octanol–water partition coefficient (Wildman–Crippen LogP) is 12.5. The molecule has 4 rings (SSSR count). The fraction of sp³-hybridized carbons (Fsp3) is 0.395. The lowest BCUT2D eigenvalue weighted by Crippen LogP contribution is -2.64. The van der Waals surface area contributed by atoms with Crippen LogP contribution < -0.4 is 5.64 Å². The average Bonchev–Trinajstić information content (AvgIpc) is 0.834. The summed E-state index contributed by atoms with van der Waals surface area (Å²) in [5.74, 6) is 94.3. The Labute approximate surface area is 698 Å². The Bertz CT molecular complexity index is 4930. The minimum absolute atomic E-state index is 0. The van der Waals surface area contributed by atoms with Crippen LogP contribution in [0.4, 0.5) is 4.39 Å². The second kappa shape index (κ2) is 60.3. The number of hydrogen-bond donors (Lipinski definition) is 5. The monoisotopic (exact) mass is 1580 g/mol. The van der Waals surface area contributed by atoms with E-state index in [0.29, 0.717) is 56.1 Å². The zero-order chi connectivity index (χ0) is 82.3. The number of rotatable bonds is 16. The summed E-state index contributed by atoms with van der Waals surface area (Å²) in [5.41, 5.74) is 3.34. The number of methoxy groups -OCH3 is 3. The molecule has 0 unspecified atom stereocenters. The first-order valence-corrected chi connectivity index (χ1v) is 33.4. The molecule has 3 fully saturated rings. The number of ketones is 2. The van der Waals surface area contributed by atoms with E-state index in [0.717, 1.165) is 10.5 Å². The molecule has 3 heterocycles. The molecule has 0 aromatic carbocycles. The van der Waals surface area contributed by atoms with Crippen molar-refractivity contribution in [3.63, 3.8) is 0 Å². The van der Waals surface area contributed by atoms with Crippen molar-refractivity contribution in [1.29, 1.82) is 0 Å². The predicted molar refractivity (Wildman–Crippen MR) is 462 cm³/mol. The van der Waals surface area contributed by atoms with Gasteiger partial charge in [-0.25, -0.2) is 19.7 Å². The Morgan fingerprint density at radius 2 is 1.04 bits per heavy atom. The van der Waals surface area contributed by atoms with Crippen LogP contribution in [0.25, 0.3) is 0 Å². The number of aliphatic hydroxyl groups excluding tert-OH is 1. The third-order valence-corrected chi connectivity index (χ3v) is 15.4. The summed E-state index contributed by atoms with van der Waals surface area (Å²) < 4.78 is 44.0. The molecule has 4 aliphatic rings. The summed E-state index contributed by atoms with van der Waals surface area (Å²) >= 11 is 0. The van der Waals surface area contributed by atoms with Crippen LogP contribution in [-0.4, -0.2) is 132 Å². The van der Waals surface area contributed by atoms with Crippen molar-refractivity contribution in [2.24, 2.45) is 23.7 Å². The van der Waals surface area contributed by atoms with Gasteiger partial charge in [-0.15, -0.1) is 6.42 Å². The van der Waals surface area contributed by atoms with E-state index in [1.807, 2.05) is 39.0 Å². The molecule has 2 bridgehead atoms. The van der Waals surface area contributed by atoms with Crippen LogP contribution in [0.15, 0.2) is 34.9 Å². The van der Waals surface area contributed by atoms with Gasteiger partial charge in [0, 0.05) is 232 Å². The van der Waals surface area contributed by atoms with Crippen LogP contribution in [0.2, 0.25) is 0 Å². The van der Waals surface area contributed by atoms with E-state index in [-0.39, 0.29) is 87.7 Å². The maximum atomic E-state index is 14.5. The molecule has 1 amide bonds. The van der Waals surface area contributed by atoms with Crippen LogP contribution in [0.1, 0.15) is 157 Å². The number of esters is 1. The number of halogens is 1. The summed E-state index contributed by atoms with van der Waals surface area (Å²) in [7, 11) is 4.50. The van der Waals surface area contributed by atoms with Crippen LogP contribution in [0, 0.1) is 273 Å². The Balaban J connectivity index is -0.0000000480. The zero-order valence-corrected chi connectivity index (χ0v) is 62.4. The zero-order valence-electron chi connectivity index (χ0n) is 62.4. The van der Waals surface area contributed by atoms with Crippen LogP contribution in [0.3, 0.4) is 0 Å². The van der Waals surface area contributed by atoms with Gasteiger partial charge in [-0.05, 0) is 242 Å². The van der Waals surface area contributed by atoms with E-state index in [9.17, 15) is 33.8 Å². The van der Waals surface area contributed by atoms with Gasteiger partial charge < -0.3 is 38.8 Å². The summed E-state index contributed by atoms with van der Waals surface area (Å²) in [6.07, 6.45) is 8.06. The number of allylic oxidation sites excluding steroid dienone is 5. The molecular formula is C86H135FN2O23. The number of carbonyl (C=O) groups excluding carboxylic acids is 4. The second-order valence-corrected chi connectivity index (χ2v) is 22.7. The van der Waals surface area contributed by atoms with Crippen molar-refractivity contribution in [2.75, 3.05) is 27.9 Å². The fourth-order valence-electron chi connectivity index (χ4n) is 10.4. The minimum atomic E-state index is -2.52. The molecule has 0 spiro atoms. The molecule has 1 saturated carbocycles. The quantitative estimate of drug-likeness (QED) is 0.0182. The summed E-state index contributed by atoms with van der Waals surface area (Å²) in [6, 6.07) is -1.16. The number of piperidine rings is 1. The third kappa shape index (κ3) is 40.0. The highest BCUT2D eigenvalue weighted by atomic mass is 19.1. The van der Waals surface area contributed by atoms with Gasteiger partial charge in [-0.1, -0.05) is 67.4 Å². The van der Waals surface area contributed by atoms with Gasteiger partial charge in [0.15, 0.2) is 5.78 Å². The van der Waals surface area contributed by atoms with Gasteiger partial charge in [-0.3, -0.25) is 14.4 Å². The maximum absolute atomic E-state index is 14.5. The highest BCUT2D eigenvalue weighted by Gasteiger charge is 2.56. The Kier molecular flexibility index (Phi) is 51.5. The lowest BCUT2D eigenvalue weighted by molar-refractivity contribution is -0.792. The molecular weight excluding hydrogens is 1450 g/mol. The van der Waals surface area contributed by atoms with Crippen LogP contribution in [0.5, 0.6) is 0 Å². The first-order chi connectivity index (χ1) is 54.3. The van der Waals surface area contributed by atoms with E-state index in [2.05, 4.69) is 293 Å². The van der Waals surface area contributed by atoms with Gasteiger partial charge in [0.2, 0.25) is 5.79 Å². The van der Waals surface area contributed by atoms with Crippen LogP contribution >= 0.6 is 0 Å². The Morgan fingerprint density at radius 3 is 1.46 bits per heavy atom. The van der Waals surface area contributed by atoms with Crippen LogP contribution in [-0.2, 0) is 93.1 Å². The molecule has 112 heavy (non-hydrogen) atoms.